The number of sulfonamides is 1. The second-order valence-corrected chi connectivity index (χ2v) is 8.07. The molecule has 122 valence electrons. The topological polar surface area (TPSA) is 78.4 Å². The van der Waals surface area contributed by atoms with E-state index < -0.39 is 10.0 Å². The zero-order chi connectivity index (χ0) is 15.7. The minimum Gasteiger partial charge on any atom is -0.370 e. The molecule has 22 heavy (non-hydrogen) atoms. The van der Waals surface area contributed by atoms with E-state index in [0.717, 1.165) is 30.9 Å². The molecule has 2 heterocycles. The number of aryl methyl sites for hydroxylation is 1. The molecule has 1 aromatic rings. The number of aromatic nitrogens is 2. The molecule has 1 saturated heterocycles. The number of hydrogen-bond acceptors (Lipinski definition) is 6. The van der Waals surface area contributed by atoms with Gasteiger partial charge in [-0.2, -0.15) is 9.29 Å². The first kappa shape index (κ1) is 15.5. The van der Waals surface area contributed by atoms with E-state index in [1.165, 1.54) is 0 Å². The summed E-state index contributed by atoms with van der Waals surface area (Å²) in [6, 6.07) is 1.92. The van der Waals surface area contributed by atoms with Gasteiger partial charge in [-0.05, 0) is 26.7 Å². The van der Waals surface area contributed by atoms with Crippen LogP contribution >= 0.6 is 0 Å². The van der Waals surface area contributed by atoms with Crippen molar-refractivity contribution in [3.05, 3.63) is 11.8 Å². The van der Waals surface area contributed by atoms with Crippen LogP contribution in [0.15, 0.2) is 6.07 Å². The third-order valence-corrected chi connectivity index (χ3v) is 6.43. The lowest BCUT2D eigenvalue weighted by Gasteiger charge is -2.34. The predicted molar refractivity (Wildman–Crippen MR) is 86.7 cm³/mol. The summed E-state index contributed by atoms with van der Waals surface area (Å²) in [5.41, 5.74) is 0.911. The summed E-state index contributed by atoms with van der Waals surface area (Å²) in [6.07, 6.45) is 1.63. The van der Waals surface area contributed by atoms with Gasteiger partial charge in [0.25, 0.3) is 0 Å². The van der Waals surface area contributed by atoms with Gasteiger partial charge in [0.15, 0.2) is 0 Å². The van der Waals surface area contributed by atoms with Crippen LogP contribution < -0.4 is 10.2 Å². The molecular formula is C14H23N5O2S. The van der Waals surface area contributed by atoms with Crippen LogP contribution in [-0.2, 0) is 10.0 Å². The second-order valence-electron chi connectivity index (χ2n) is 5.86. The normalized spacial score (nSPS) is 20.2. The second kappa shape index (κ2) is 6.00. The molecular weight excluding hydrogens is 302 g/mol. The van der Waals surface area contributed by atoms with Crippen LogP contribution in [-0.4, -0.2) is 60.7 Å². The highest BCUT2D eigenvalue weighted by atomic mass is 32.2. The summed E-state index contributed by atoms with van der Waals surface area (Å²) in [7, 11) is -3.07. The van der Waals surface area contributed by atoms with E-state index in [4.69, 9.17) is 0 Å². The maximum atomic E-state index is 12.3. The van der Waals surface area contributed by atoms with Crippen molar-refractivity contribution >= 4 is 21.8 Å². The van der Waals surface area contributed by atoms with Gasteiger partial charge in [0.1, 0.15) is 5.82 Å². The van der Waals surface area contributed by atoms with Crippen molar-refractivity contribution in [2.75, 3.05) is 42.9 Å². The molecule has 3 rings (SSSR count). The number of anilines is 2. The lowest BCUT2D eigenvalue weighted by molar-refractivity contribution is 0.382. The molecule has 2 fully saturated rings. The molecule has 0 bridgehead atoms. The SMILES string of the molecule is CCNc1cc(C)nc(N2CCN(S(=O)(=O)C3CC3)CC2)n1. The number of piperazine rings is 1. The molecule has 1 aliphatic heterocycles. The maximum absolute atomic E-state index is 12.3. The van der Waals surface area contributed by atoms with E-state index in [9.17, 15) is 8.42 Å². The van der Waals surface area contributed by atoms with E-state index in [1.54, 1.807) is 4.31 Å². The van der Waals surface area contributed by atoms with Gasteiger partial charge in [-0.25, -0.2) is 13.4 Å². The first-order valence-electron chi connectivity index (χ1n) is 7.84. The Morgan fingerprint density at radius 2 is 1.91 bits per heavy atom. The van der Waals surface area contributed by atoms with Crippen LogP contribution in [0.2, 0.25) is 0 Å². The summed E-state index contributed by atoms with van der Waals surface area (Å²) in [5.74, 6) is 1.50. The Labute approximate surface area is 131 Å². The fraction of sp³-hybridized carbons (Fsp3) is 0.714. The smallest absolute Gasteiger partial charge is 0.227 e. The third-order valence-electron chi connectivity index (χ3n) is 4.03. The lowest BCUT2D eigenvalue weighted by atomic mass is 10.3. The Morgan fingerprint density at radius 1 is 1.23 bits per heavy atom. The van der Waals surface area contributed by atoms with Gasteiger partial charge < -0.3 is 10.2 Å². The summed E-state index contributed by atoms with van der Waals surface area (Å²) >= 11 is 0. The molecule has 8 heteroatoms. The van der Waals surface area contributed by atoms with Gasteiger partial charge in [0, 0.05) is 44.5 Å². The number of hydrogen-bond donors (Lipinski definition) is 1. The summed E-state index contributed by atoms with van der Waals surface area (Å²) in [4.78, 5) is 11.1. The van der Waals surface area contributed by atoms with E-state index in [1.807, 2.05) is 19.9 Å². The monoisotopic (exact) mass is 325 g/mol. The van der Waals surface area contributed by atoms with Crippen molar-refractivity contribution in [3.63, 3.8) is 0 Å². The number of nitrogens with zero attached hydrogens (tertiary/aromatic N) is 4. The van der Waals surface area contributed by atoms with E-state index >= 15 is 0 Å². The van der Waals surface area contributed by atoms with Crippen molar-refractivity contribution in [3.8, 4) is 0 Å². The highest BCUT2D eigenvalue weighted by Gasteiger charge is 2.41. The quantitative estimate of drug-likeness (QED) is 0.864. The van der Waals surface area contributed by atoms with E-state index in [2.05, 4.69) is 20.2 Å². The van der Waals surface area contributed by atoms with Crippen LogP contribution in [0.3, 0.4) is 0 Å². The fourth-order valence-corrected chi connectivity index (χ4v) is 4.51. The van der Waals surface area contributed by atoms with Gasteiger partial charge in [-0.3, -0.25) is 0 Å². The number of rotatable bonds is 5. The Balaban J connectivity index is 1.68. The Morgan fingerprint density at radius 3 is 2.50 bits per heavy atom. The molecule has 1 aliphatic carbocycles. The number of nitrogens with one attached hydrogen (secondary N) is 1. The molecule has 0 aromatic carbocycles. The third kappa shape index (κ3) is 3.17. The Hall–Kier alpha value is -1.41. The van der Waals surface area contributed by atoms with Crippen LogP contribution in [0.25, 0.3) is 0 Å². The van der Waals surface area contributed by atoms with Gasteiger partial charge in [-0.1, -0.05) is 0 Å². The van der Waals surface area contributed by atoms with Crippen molar-refractivity contribution in [2.45, 2.75) is 31.9 Å². The highest BCUT2D eigenvalue weighted by molar-refractivity contribution is 7.90. The minimum atomic E-state index is -3.07. The minimum absolute atomic E-state index is 0.130. The van der Waals surface area contributed by atoms with Gasteiger partial charge in [-0.15, -0.1) is 0 Å². The zero-order valence-electron chi connectivity index (χ0n) is 13.1. The van der Waals surface area contributed by atoms with Gasteiger partial charge in [0.05, 0.1) is 5.25 Å². The standard InChI is InChI=1S/C14H23N5O2S/c1-3-15-13-10-11(2)16-14(17-13)18-6-8-19(9-7-18)22(20,21)12-4-5-12/h10,12H,3-9H2,1-2H3,(H,15,16,17). The fourth-order valence-electron chi connectivity index (χ4n) is 2.69. The molecule has 1 aromatic heterocycles. The van der Waals surface area contributed by atoms with Gasteiger partial charge in [0.2, 0.25) is 16.0 Å². The van der Waals surface area contributed by atoms with Gasteiger partial charge >= 0.3 is 0 Å². The largest absolute Gasteiger partial charge is 0.370 e. The average molecular weight is 325 g/mol. The molecule has 0 unspecified atom stereocenters. The van der Waals surface area contributed by atoms with Crippen molar-refractivity contribution < 1.29 is 8.42 Å². The molecule has 0 amide bonds. The van der Waals surface area contributed by atoms with Crippen molar-refractivity contribution in [1.82, 2.24) is 14.3 Å². The molecule has 0 atom stereocenters. The van der Waals surface area contributed by atoms with E-state index in [-0.39, 0.29) is 5.25 Å². The first-order valence-corrected chi connectivity index (χ1v) is 9.34. The summed E-state index contributed by atoms with van der Waals surface area (Å²) in [6.45, 7) is 7.10. The summed E-state index contributed by atoms with van der Waals surface area (Å²) < 4.78 is 26.1. The maximum Gasteiger partial charge on any atom is 0.227 e. The van der Waals surface area contributed by atoms with Crippen LogP contribution in [0.5, 0.6) is 0 Å². The lowest BCUT2D eigenvalue weighted by Crippen LogP contribution is -2.50. The molecule has 0 spiro atoms. The van der Waals surface area contributed by atoms with Crippen LogP contribution in [0.4, 0.5) is 11.8 Å². The molecule has 1 saturated carbocycles. The Bertz CT molecular complexity index is 637. The first-order chi connectivity index (χ1) is 10.5. The molecule has 2 aliphatic rings. The molecule has 1 N–H and O–H groups in total. The zero-order valence-corrected chi connectivity index (χ0v) is 13.9. The molecule has 0 radical (unpaired) electrons. The summed E-state index contributed by atoms with van der Waals surface area (Å²) in [5, 5.41) is 3.07. The van der Waals surface area contributed by atoms with Crippen molar-refractivity contribution in [2.24, 2.45) is 0 Å². The van der Waals surface area contributed by atoms with Crippen LogP contribution in [0, 0.1) is 6.92 Å². The Kier molecular flexibility index (Phi) is 4.22. The highest BCUT2D eigenvalue weighted by Crippen LogP contribution is 2.31. The molecule has 7 nitrogen and oxygen atoms in total. The van der Waals surface area contributed by atoms with E-state index in [0.29, 0.717) is 32.1 Å². The van der Waals surface area contributed by atoms with Crippen molar-refractivity contribution in [1.29, 1.82) is 0 Å². The average Bonchev–Trinajstić information content (AvgIpc) is 3.32. The predicted octanol–water partition coefficient (Wildman–Crippen LogP) is 0.831. The van der Waals surface area contributed by atoms with Crippen LogP contribution in [0.1, 0.15) is 25.5 Å².